The van der Waals surface area contributed by atoms with Gasteiger partial charge in [0, 0.05) is 41.5 Å². The van der Waals surface area contributed by atoms with Crippen LogP contribution in [0.3, 0.4) is 0 Å². The van der Waals surface area contributed by atoms with Crippen molar-refractivity contribution in [2.75, 3.05) is 28.4 Å². The smallest absolute Gasteiger partial charge is 0.413 e. The van der Waals surface area contributed by atoms with Crippen LogP contribution in [0.25, 0.3) is 0 Å². The molecule has 132 valence electrons. The lowest BCUT2D eigenvalue weighted by Gasteiger charge is -2.39. The van der Waals surface area contributed by atoms with E-state index in [1.54, 1.807) is 34.1 Å². The molecule has 0 bridgehead atoms. The molecule has 0 radical (unpaired) electrons. The molecule has 11 heteroatoms. The molecule has 0 N–H and O–H groups in total. The van der Waals surface area contributed by atoms with E-state index in [0.717, 1.165) is 0 Å². The summed E-state index contributed by atoms with van der Waals surface area (Å²) >= 11 is 0. The SMILES string of the molecule is C=C[Si](C)(O[Si](C)(C)O[Si](C)(OC)OC)O[Si](C)(OC)OC. The van der Waals surface area contributed by atoms with Gasteiger partial charge >= 0.3 is 34.7 Å². The predicted molar refractivity (Wildman–Crippen MR) is 93.8 cm³/mol. The van der Waals surface area contributed by atoms with Gasteiger partial charge < -0.3 is 30.0 Å². The largest absolute Gasteiger partial charge is 0.488 e. The summed E-state index contributed by atoms with van der Waals surface area (Å²) in [5.41, 5.74) is 1.70. The molecular formula is C11H30O7Si4. The minimum absolute atomic E-state index is 1.56. The van der Waals surface area contributed by atoms with Crippen LogP contribution in [0, 0.1) is 0 Å². The van der Waals surface area contributed by atoms with Crippen LogP contribution < -0.4 is 0 Å². The highest BCUT2D eigenvalue weighted by Crippen LogP contribution is 2.25. The van der Waals surface area contributed by atoms with Crippen LogP contribution in [-0.2, 0) is 30.0 Å². The predicted octanol–water partition coefficient (Wildman–Crippen LogP) is 2.26. The first-order chi connectivity index (χ1) is 9.92. The van der Waals surface area contributed by atoms with Crippen LogP contribution in [0.4, 0.5) is 0 Å². The third-order valence-corrected chi connectivity index (χ3v) is 17.0. The molecule has 1 unspecified atom stereocenters. The van der Waals surface area contributed by atoms with E-state index < -0.39 is 34.7 Å². The van der Waals surface area contributed by atoms with Gasteiger partial charge in [0.05, 0.1) is 0 Å². The van der Waals surface area contributed by atoms with Gasteiger partial charge in [-0.05, 0) is 19.6 Å². The Kier molecular flexibility index (Phi) is 8.56. The van der Waals surface area contributed by atoms with E-state index in [2.05, 4.69) is 6.58 Å². The lowest BCUT2D eigenvalue weighted by molar-refractivity contribution is 0.139. The van der Waals surface area contributed by atoms with Gasteiger partial charge in [-0.15, -0.1) is 6.58 Å². The molecule has 0 aromatic carbocycles. The van der Waals surface area contributed by atoms with Crippen molar-refractivity contribution in [1.29, 1.82) is 0 Å². The molecule has 0 aliphatic heterocycles. The Morgan fingerprint density at radius 2 is 1.00 bits per heavy atom. The molecule has 0 saturated carbocycles. The molecular weight excluding hydrogens is 356 g/mol. The molecule has 0 heterocycles. The zero-order valence-electron chi connectivity index (χ0n) is 15.1. The highest BCUT2D eigenvalue weighted by atomic mass is 28.5. The zero-order chi connectivity index (χ0) is 17.7. The molecule has 0 aromatic rings. The second-order valence-electron chi connectivity index (χ2n) is 5.47. The maximum Gasteiger partial charge on any atom is 0.488 e. The first kappa shape index (κ1) is 22.3. The third-order valence-electron chi connectivity index (χ3n) is 3.12. The summed E-state index contributed by atoms with van der Waals surface area (Å²) in [6, 6.07) is 0. The fourth-order valence-electron chi connectivity index (χ4n) is 1.76. The van der Waals surface area contributed by atoms with Crippen molar-refractivity contribution in [2.24, 2.45) is 0 Å². The van der Waals surface area contributed by atoms with Crippen molar-refractivity contribution in [3.05, 3.63) is 12.3 Å². The standard InChI is InChI=1S/C11H30O7Si4/c1-11-20(8,18-22(10,14-4)15-5)16-19(6,7)17-21(9,12-2)13-3/h11H,1H2,2-10H3. The first-order valence-electron chi connectivity index (χ1n) is 6.87. The quantitative estimate of drug-likeness (QED) is 0.505. The Morgan fingerprint density at radius 1 is 0.636 bits per heavy atom. The Labute approximate surface area is 138 Å². The Hall–Kier alpha value is 0.328. The van der Waals surface area contributed by atoms with Crippen LogP contribution in [0.2, 0.25) is 32.7 Å². The summed E-state index contributed by atoms with van der Waals surface area (Å²) in [6.45, 7) is 13.2. The minimum atomic E-state index is -2.75. The topological polar surface area (TPSA) is 64.6 Å². The second kappa shape index (κ2) is 8.43. The monoisotopic (exact) mass is 386 g/mol. The van der Waals surface area contributed by atoms with E-state index in [9.17, 15) is 0 Å². The van der Waals surface area contributed by atoms with Crippen LogP contribution in [0.1, 0.15) is 0 Å². The second-order valence-corrected chi connectivity index (χ2v) is 18.2. The van der Waals surface area contributed by atoms with Crippen LogP contribution in [0.5, 0.6) is 0 Å². The van der Waals surface area contributed by atoms with E-state index in [1.807, 2.05) is 32.7 Å². The maximum atomic E-state index is 6.24. The van der Waals surface area contributed by atoms with E-state index in [-0.39, 0.29) is 0 Å². The van der Waals surface area contributed by atoms with Gasteiger partial charge in [0.15, 0.2) is 0 Å². The molecule has 0 rings (SSSR count). The van der Waals surface area contributed by atoms with Crippen molar-refractivity contribution >= 4 is 34.7 Å². The Balaban J connectivity index is 5.15. The highest BCUT2D eigenvalue weighted by molar-refractivity contribution is 6.88. The average Bonchev–Trinajstić information content (AvgIpc) is 2.45. The van der Waals surface area contributed by atoms with Crippen LogP contribution in [-0.4, -0.2) is 63.2 Å². The summed E-state index contributed by atoms with van der Waals surface area (Å²) in [6.07, 6.45) is 0. The van der Waals surface area contributed by atoms with Crippen LogP contribution >= 0.6 is 0 Å². The maximum absolute atomic E-state index is 6.24. The fourth-order valence-corrected chi connectivity index (χ4v) is 15.6. The van der Waals surface area contributed by atoms with Gasteiger partial charge in [-0.1, -0.05) is 5.70 Å². The van der Waals surface area contributed by atoms with E-state index in [0.29, 0.717) is 0 Å². The Bertz CT molecular complexity index is 360. The van der Waals surface area contributed by atoms with Crippen LogP contribution in [0.15, 0.2) is 12.3 Å². The van der Waals surface area contributed by atoms with Crippen molar-refractivity contribution in [2.45, 2.75) is 32.7 Å². The molecule has 0 saturated heterocycles. The fraction of sp³-hybridized carbons (Fsp3) is 0.818. The average molecular weight is 387 g/mol. The van der Waals surface area contributed by atoms with Gasteiger partial charge in [0.25, 0.3) is 0 Å². The summed E-state index contributed by atoms with van der Waals surface area (Å²) in [7, 11) is -4.50. The molecule has 1 atom stereocenters. The summed E-state index contributed by atoms with van der Waals surface area (Å²) in [5.74, 6) is 0. The van der Waals surface area contributed by atoms with Gasteiger partial charge in [0.2, 0.25) is 0 Å². The molecule has 7 nitrogen and oxygen atoms in total. The van der Waals surface area contributed by atoms with E-state index in [4.69, 9.17) is 30.0 Å². The normalized spacial score (nSPS) is 16.4. The number of hydrogen-bond donors (Lipinski definition) is 0. The summed E-state index contributed by atoms with van der Waals surface area (Å²) < 4.78 is 39.9. The summed E-state index contributed by atoms with van der Waals surface area (Å²) in [4.78, 5) is 0. The third kappa shape index (κ3) is 6.84. The van der Waals surface area contributed by atoms with Gasteiger partial charge in [0.1, 0.15) is 0 Å². The first-order valence-corrected chi connectivity index (χ1v) is 16.5. The minimum Gasteiger partial charge on any atom is -0.413 e. The molecule has 0 fully saturated rings. The lowest BCUT2D eigenvalue weighted by Crippen LogP contribution is -2.60. The van der Waals surface area contributed by atoms with Crippen molar-refractivity contribution in [3.8, 4) is 0 Å². The highest BCUT2D eigenvalue weighted by Gasteiger charge is 2.49. The molecule has 0 spiro atoms. The zero-order valence-corrected chi connectivity index (χ0v) is 19.1. The lowest BCUT2D eigenvalue weighted by atomic mass is 11.3. The van der Waals surface area contributed by atoms with Gasteiger partial charge in [-0.3, -0.25) is 0 Å². The van der Waals surface area contributed by atoms with Crippen molar-refractivity contribution < 1.29 is 30.0 Å². The van der Waals surface area contributed by atoms with Crippen molar-refractivity contribution in [3.63, 3.8) is 0 Å². The van der Waals surface area contributed by atoms with Gasteiger partial charge in [-0.2, -0.15) is 0 Å². The molecule has 0 aliphatic rings. The number of rotatable bonds is 11. The molecule has 0 amide bonds. The van der Waals surface area contributed by atoms with Gasteiger partial charge in [-0.25, -0.2) is 0 Å². The molecule has 22 heavy (non-hydrogen) atoms. The summed E-state index contributed by atoms with van der Waals surface area (Å²) in [5, 5.41) is 0. The Morgan fingerprint density at radius 3 is 1.32 bits per heavy atom. The van der Waals surface area contributed by atoms with Crippen molar-refractivity contribution in [1.82, 2.24) is 0 Å². The number of hydrogen-bond acceptors (Lipinski definition) is 7. The van der Waals surface area contributed by atoms with E-state index >= 15 is 0 Å². The van der Waals surface area contributed by atoms with E-state index in [1.165, 1.54) is 0 Å². The molecule has 0 aliphatic carbocycles. The molecule has 0 aromatic heterocycles.